The largest absolute Gasteiger partial charge is 0.419 e. The molecule has 3 heterocycles. The maximum absolute atomic E-state index is 12.7. The molecule has 142 valence electrons. The van der Waals surface area contributed by atoms with Crippen molar-refractivity contribution >= 4 is 33.3 Å². The number of aromatic amines is 1. The summed E-state index contributed by atoms with van der Waals surface area (Å²) in [7, 11) is 0. The number of aryl methyl sites for hydroxylation is 2. The number of hydrogen-bond acceptors (Lipinski definition) is 7. The molecule has 0 saturated heterocycles. The van der Waals surface area contributed by atoms with Gasteiger partial charge in [-0.05, 0) is 50.3 Å². The van der Waals surface area contributed by atoms with Crippen LogP contribution in [-0.2, 0) is 12.8 Å². The molecule has 1 aromatic carbocycles. The summed E-state index contributed by atoms with van der Waals surface area (Å²) < 4.78 is 5.83. The maximum atomic E-state index is 12.7. The molecule has 1 atom stereocenters. The monoisotopic (exact) mass is 410 g/mol. The number of H-pyrrole nitrogens is 1. The number of nitrogens with zero attached hydrogens (tertiary/aromatic N) is 3. The number of fused-ring (bicyclic) bond motifs is 3. The van der Waals surface area contributed by atoms with Gasteiger partial charge in [-0.2, -0.15) is 0 Å². The Kier molecular flexibility index (Phi) is 4.52. The van der Waals surface area contributed by atoms with Crippen molar-refractivity contribution in [3.8, 4) is 11.5 Å². The summed E-state index contributed by atoms with van der Waals surface area (Å²) in [5.74, 6) is 1.00. The van der Waals surface area contributed by atoms with Crippen molar-refractivity contribution in [2.75, 3.05) is 0 Å². The van der Waals surface area contributed by atoms with Crippen molar-refractivity contribution < 1.29 is 4.42 Å². The Morgan fingerprint density at radius 3 is 2.86 bits per heavy atom. The molecule has 1 aliphatic carbocycles. The number of nitrogens with one attached hydrogen (secondary N) is 1. The second kappa shape index (κ2) is 7.18. The number of aromatic nitrogens is 4. The smallest absolute Gasteiger partial charge is 0.260 e. The van der Waals surface area contributed by atoms with Crippen LogP contribution in [0.5, 0.6) is 0 Å². The van der Waals surface area contributed by atoms with Gasteiger partial charge in [0.15, 0.2) is 5.16 Å². The fourth-order valence-electron chi connectivity index (χ4n) is 3.51. The van der Waals surface area contributed by atoms with Crippen molar-refractivity contribution in [1.29, 1.82) is 0 Å². The van der Waals surface area contributed by atoms with Gasteiger partial charge in [-0.15, -0.1) is 21.5 Å². The molecule has 5 rings (SSSR count). The molecule has 0 saturated carbocycles. The van der Waals surface area contributed by atoms with Crippen LogP contribution in [0.4, 0.5) is 0 Å². The zero-order chi connectivity index (χ0) is 19.1. The third kappa shape index (κ3) is 3.16. The van der Waals surface area contributed by atoms with Gasteiger partial charge in [0.25, 0.3) is 5.56 Å². The van der Waals surface area contributed by atoms with E-state index in [1.165, 1.54) is 28.6 Å². The molecule has 0 radical (unpaired) electrons. The number of rotatable bonds is 4. The lowest BCUT2D eigenvalue weighted by Crippen LogP contribution is -2.11. The van der Waals surface area contributed by atoms with E-state index >= 15 is 0 Å². The SMILES string of the molecule is C[C@H](Sc1nc2sc3c(c2c(=O)[nH]1)CCCC3)c1nnc(-c2ccccc2)o1. The van der Waals surface area contributed by atoms with Crippen LogP contribution < -0.4 is 5.56 Å². The molecule has 0 unspecified atom stereocenters. The summed E-state index contributed by atoms with van der Waals surface area (Å²) >= 11 is 3.08. The average Bonchev–Trinajstić information content (AvgIpc) is 3.33. The van der Waals surface area contributed by atoms with E-state index in [1.54, 1.807) is 11.3 Å². The Hall–Kier alpha value is -2.45. The van der Waals surface area contributed by atoms with Gasteiger partial charge in [-0.25, -0.2) is 4.98 Å². The quantitative estimate of drug-likeness (QED) is 0.385. The zero-order valence-electron chi connectivity index (χ0n) is 15.3. The second-order valence-electron chi connectivity index (χ2n) is 6.83. The fraction of sp³-hybridized carbons (Fsp3) is 0.300. The molecule has 0 spiro atoms. The summed E-state index contributed by atoms with van der Waals surface area (Å²) in [6, 6.07) is 9.67. The topological polar surface area (TPSA) is 84.7 Å². The standard InChI is InChI=1S/C20H18N4O2S2/c1-11(17-23-24-18(26-17)12-7-3-2-4-8-12)27-20-21-16(25)15-13-9-5-6-10-14(13)28-19(15)22-20/h2-4,7-8,11H,5-6,9-10H2,1H3,(H,21,22,25)/t11-/m0/s1. The normalized spacial score (nSPS) is 14.9. The van der Waals surface area contributed by atoms with Gasteiger partial charge in [0.05, 0.1) is 10.6 Å². The molecule has 1 N–H and O–H groups in total. The van der Waals surface area contributed by atoms with Crippen LogP contribution in [0.2, 0.25) is 0 Å². The third-order valence-electron chi connectivity index (χ3n) is 4.90. The van der Waals surface area contributed by atoms with Crippen molar-refractivity contribution in [3.05, 3.63) is 57.0 Å². The van der Waals surface area contributed by atoms with Crippen molar-refractivity contribution in [3.63, 3.8) is 0 Å². The molecule has 0 aliphatic heterocycles. The van der Waals surface area contributed by atoms with E-state index in [1.807, 2.05) is 37.3 Å². The van der Waals surface area contributed by atoms with Crippen LogP contribution >= 0.6 is 23.1 Å². The van der Waals surface area contributed by atoms with Crippen LogP contribution in [0.25, 0.3) is 21.7 Å². The van der Waals surface area contributed by atoms with Gasteiger partial charge in [0.1, 0.15) is 4.83 Å². The van der Waals surface area contributed by atoms with Gasteiger partial charge in [0.2, 0.25) is 11.8 Å². The number of thioether (sulfide) groups is 1. The molecule has 28 heavy (non-hydrogen) atoms. The predicted molar refractivity (Wildman–Crippen MR) is 111 cm³/mol. The Labute approximate surface area is 169 Å². The summed E-state index contributed by atoms with van der Waals surface area (Å²) in [4.78, 5) is 22.5. The van der Waals surface area contributed by atoms with E-state index in [0.29, 0.717) is 16.9 Å². The van der Waals surface area contributed by atoms with E-state index < -0.39 is 0 Å². The highest BCUT2D eigenvalue weighted by atomic mass is 32.2. The molecule has 0 fully saturated rings. The Balaban J connectivity index is 1.42. The predicted octanol–water partition coefficient (Wildman–Crippen LogP) is 4.77. The minimum Gasteiger partial charge on any atom is -0.419 e. The minimum atomic E-state index is -0.125. The van der Waals surface area contributed by atoms with Crippen LogP contribution in [0.3, 0.4) is 0 Å². The molecular formula is C20H18N4O2S2. The lowest BCUT2D eigenvalue weighted by atomic mass is 9.97. The minimum absolute atomic E-state index is 0.0467. The first-order valence-corrected chi connectivity index (χ1v) is 11.0. The Morgan fingerprint density at radius 1 is 1.18 bits per heavy atom. The second-order valence-corrected chi connectivity index (χ2v) is 9.25. The molecule has 4 aromatic rings. The van der Waals surface area contributed by atoms with Crippen LogP contribution in [-0.4, -0.2) is 20.2 Å². The van der Waals surface area contributed by atoms with Crippen LogP contribution in [0.1, 0.15) is 41.3 Å². The van der Waals surface area contributed by atoms with Crippen LogP contribution in [0.15, 0.2) is 44.7 Å². The molecular weight excluding hydrogens is 392 g/mol. The molecule has 1 aliphatic rings. The maximum Gasteiger partial charge on any atom is 0.260 e. The van der Waals surface area contributed by atoms with Gasteiger partial charge >= 0.3 is 0 Å². The summed E-state index contributed by atoms with van der Waals surface area (Å²) in [6.07, 6.45) is 4.37. The summed E-state index contributed by atoms with van der Waals surface area (Å²) in [6.45, 7) is 1.97. The first-order valence-electron chi connectivity index (χ1n) is 9.29. The lowest BCUT2D eigenvalue weighted by Gasteiger charge is -2.09. The molecule has 6 nitrogen and oxygen atoms in total. The molecule has 3 aromatic heterocycles. The highest BCUT2D eigenvalue weighted by Gasteiger charge is 2.22. The Bertz CT molecular complexity index is 1200. The van der Waals surface area contributed by atoms with E-state index in [9.17, 15) is 4.79 Å². The van der Waals surface area contributed by atoms with Gasteiger partial charge in [-0.1, -0.05) is 30.0 Å². The average molecular weight is 411 g/mol. The third-order valence-corrected chi connectivity index (χ3v) is 7.06. The molecule has 8 heteroatoms. The number of thiophene rings is 1. The highest BCUT2D eigenvalue weighted by molar-refractivity contribution is 7.99. The van der Waals surface area contributed by atoms with Gasteiger partial charge in [0, 0.05) is 10.4 Å². The molecule has 0 amide bonds. The van der Waals surface area contributed by atoms with Crippen molar-refractivity contribution in [2.24, 2.45) is 0 Å². The number of hydrogen-bond donors (Lipinski definition) is 1. The van der Waals surface area contributed by atoms with E-state index in [4.69, 9.17) is 9.40 Å². The van der Waals surface area contributed by atoms with E-state index in [-0.39, 0.29) is 10.8 Å². The molecule has 0 bridgehead atoms. The first-order chi connectivity index (χ1) is 13.7. The van der Waals surface area contributed by atoms with Gasteiger partial charge in [-0.3, -0.25) is 4.79 Å². The zero-order valence-corrected chi connectivity index (χ0v) is 16.9. The van der Waals surface area contributed by atoms with E-state index in [0.717, 1.165) is 35.0 Å². The van der Waals surface area contributed by atoms with Gasteiger partial charge < -0.3 is 9.40 Å². The number of benzene rings is 1. The van der Waals surface area contributed by atoms with Crippen molar-refractivity contribution in [1.82, 2.24) is 20.2 Å². The summed E-state index contributed by atoms with van der Waals surface area (Å²) in [5, 5.41) is 9.55. The first kappa shape index (κ1) is 17.6. The van der Waals surface area contributed by atoms with Crippen LogP contribution in [0, 0.1) is 0 Å². The van der Waals surface area contributed by atoms with E-state index in [2.05, 4.69) is 15.2 Å². The highest BCUT2D eigenvalue weighted by Crippen LogP contribution is 2.37. The summed E-state index contributed by atoms with van der Waals surface area (Å²) in [5.41, 5.74) is 2.04. The van der Waals surface area contributed by atoms with Crippen molar-refractivity contribution in [2.45, 2.75) is 43.0 Å². The Morgan fingerprint density at radius 2 is 2.00 bits per heavy atom. The lowest BCUT2D eigenvalue weighted by molar-refractivity contribution is 0.509. The fourth-order valence-corrected chi connectivity index (χ4v) is 5.66.